The van der Waals surface area contributed by atoms with Crippen molar-refractivity contribution in [1.29, 1.82) is 0 Å². The molecule has 4 nitrogen and oxygen atoms in total. The number of carbonyl (C=O) groups excluding carboxylic acids is 1. The number of aromatic amines is 1. The zero-order valence-corrected chi connectivity index (χ0v) is 11.3. The van der Waals surface area contributed by atoms with Crippen LogP contribution in [0.3, 0.4) is 0 Å². The van der Waals surface area contributed by atoms with E-state index in [4.69, 9.17) is 0 Å². The first-order chi connectivity index (χ1) is 9.15. The number of carbonyl (C=O) groups is 1. The van der Waals surface area contributed by atoms with Gasteiger partial charge in [-0.3, -0.25) is 9.89 Å². The average molecular weight is 279 g/mol. The summed E-state index contributed by atoms with van der Waals surface area (Å²) in [5.41, 5.74) is 0.556. The molecule has 6 heteroatoms. The molecule has 1 aromatic heterocycles. The van der Waals surface area contributed by atoms with Crippen molar-refractivity contribution in [2.75, 3.05) is 5.75 Å². The van der Waals surface area contributed by atoms with Gasteiger partial charge in [-0.15, -0.1) is 5.10 Å². The van der Waals surface area contributed by atoms with Crippen LogP contribution in [-0.4, -0.2) is 26.7 Å². The first-order valence-corrected chi connectivity index (χ1v) is 6.94. The Morgan fingerprint density at radius 1 is 1.37 bits per heavy atom. The van der Waals surface area contributed by atoms with Crippen LogP contribution in [0.4, 0.5) is 4.39 Å². The largest absolute Gasteiger partial charge is 0.294 e. The maximum Gasteiger partial charge on any atom is 0.208 e. The van der Waals surface area contributed by atoms with Crippen molar-refractivity contribution in [1.82, 2.24) is 15.2 Å². The average Bonchev–Trinajstić information content (AvgIpc) is 2.81. The van der Waals surface area contributed by atoms with Crippen LogP contribution in [0.1, 0.15) is 29.0 Å². The zero-order chi connectivity index (χ0) is 13.7. The first kappa shape index (κ1) is 13.7. The Hall–Kier alpha value is -1.69. The van der Waals surface area contributed by atoms with E-state index in [0.29, 0.717) is 17.1 Å². The molecule has 19 heavy (non-hydrogen) atoms. The van der Waals surface area contributed by atoms with E-state index in [1.807, 2.05) is 6.92 Å². The molecule has 2 rings (SSSR count). The summed E-state index contributed by atoms with van der Waals surface area (Å²) >= 11 is 1.52. The van der Waals surface area contributed by atoms with E-state index < -0.39 is 0 Å². The summed E-state index contributed by atoms with van der Waals surface area (Å²) in [4.78, 5) is 16.0. The lowest BCUT2D eigenvalue weighted by Gasteiger charge is -2.00. The monoisotopic (exact) mass is 279 g/mol. The van der Waals surface area contributed by atoms with E-state index in [0.717, 1.165) is 18.0 Å². The van der Waals surface area contributed by atoms with Gasteiger partial charge in [0.25, 0.3) is 0 Å². The standard InChI is InChI=1S/C13H14FN3OS/c1-9-15-13(17-16-9)19-8-2-3-12(18)10-4-6-11(14)7-5-10/h4-7H,2-3,8H2,1H3,(H,15,16,17). The summed E-state index contributed by atoms with van der Waals surface area (Å²) in [5.74, 6) is 1.27. The number of hydrogen-bond donors (Lipinski definition) is 1. The summed E-state index contributed by atoms with van der Waals surface area (Å²) in [7, 11) is 0. The Bertz CT molecular complexity index is 553. The molecule has 0 saturated heterocycles. The number of hydrogen-bond acceptors (Lipinski definition) is 4. The first-order valence-electron chi connectivity index (χ1n) is 5.96. The van der Waals surface area contributed by atoms with E-state index in [-0.39, 0.29) is 11.6 Å². The Balaban J connectivity index is 1.73. The third kappa shape index (κ3) is 4.17. The van der Waals surface area contributed by atoms with E-state index >= 15 is 0 Å². The van der Waals surface area contributed by atoms with Gasteiger partial charge in [-0.25, -0.2) is 9.37 Å². The van der Waals surface area contributed by atoms with Crippen molar-refractivity contribution in [3.63, 3.8) is 0 Å². The second kappa shape index (κ2) is 6.47. The molecule has 1 heterocycles. The van der Waals surface area contributed by atoms with Crippen LogP contribution in [-0.2, 0) is 0 Å². The molecule has 2 aromatic rings. The second-order valence-corrected chi connectivity index (χ2v) is 5.15. The van der Waals surface area contributed by atoms with Crippen molar-refractivity contribution in [3.8, 4) is 0 Å². The molecule has 0 saturated carbocycles. The quantitative estimate of drug-likeness (QED) is 0.501. The summed E-state index contributed by atoms with van der Waals surface area (Å²) in [6, 6.07) is 5.64. The van der Waals surface area contributed by atoms with E-state index in [1.165, 1.54) is 36.0 Å². The fourth-order valence-electron chi connectivity index (χ4n) is 1.56. The van der Waals surface area contributed by atoms with Gasteiger partial charge in [0.15, 0.2) is 5.78 Å². The van der Waals surface area contributed by atoms with Gasteiger partial charge in [0.05, 0.1) is 0 Å². The summed E-state index contributed by atoms with van der Waals surface area (Å²) in [6.07, 6.45) is 1.19. The van der Waals surface area contributed by atoms with Gasteiger partial charge >= 0.3 is 0 Å². The number of aromatic nitrogens is 3. The molecule has 0 fully saturated rings. The number of halogens is 1. The highest BCUT2D eigenvalue weighted by Crippen LogP contribution is 2.15. The van der Waals surface area contributed by atoms with Crippen LogP contribution in [0.5, 0.6) is 0 Å². The van der Waals surface area contributed by atoms with Gasteiger partial charge in [0, 0.05) is 17.7 Å². The topological polar surface area (TPSA) is 58.6 Å². The highest BCUT2D eigenvalue weighted by Gasteiger charge is 2.06. The molecule has 1 N–H and O–H groups in total. The summed E-state index contributed by atoms with van der Waals surface area (Å²) in [6.45, 7) is 1.84. The second-order valence-electron chi connectivity index (χ2n) is 4.09. The minimum Gasteiger partial charge on any atom is -0.294 e. The predicted octanol–water partition coefficient (Wildman–Crippen LogP) is 3.01. The van der Waals surface area contributed by atoms with Gasteiger partial charge < -0.3 is 0 Å². The van der Waals surface area contributed by atoms with Crippen LogP contribution < -0.4 is 0 Å². The minimum atomic E-state index is -0.327. The van der Waals surface area contributed by atoms with E-state index in [9.17, 15) is 9.18 Å². The maximum atomic E-state index is 12.7. The maximum absolute atomic E-state index is 12.7. The predicted molar refractivity (Wildman–Crippen MR) is 71.8 cm³/mol. The summed E-state index contributed by atoms with van der Waals surface area (Å²) < 4.78 is 12.7. The van der Waals surface area contributed by atoms with Crippen LogP contribution in [0, 0.1) is 12.7 Å². The fourth-order valence-corrected chi connectivity index (χ4v) is 2.35. The third-order valence-corrected chi connectivity index (χ3v) is 3.46. The van der Waals surface area contributed by atoms with E-state index in [2.05, 4.69) is 15.2 Å². The molecule has 0 bridgehead atoms. The minimum absolute atomic E-state index is 0.0340. The van der Waals surface area contributed by atoms with Crippen LogP contribution in [0.15, 0.2) is 29.4 Å². The van der Waals surface area contributed by atoms with Gasteiger partial charge in [-0.05, 0) is 37.6 Å². The molecule has 0 unspecified atom stereocenters. The lowest BCUT2D eigenvalue weighted by molar-refractivity contribution is 0.0982. The van der Waals surface area contributed by atoms with Crippen LogP contribution in [0.2, 0.25) is 0 Å². The lowest BCUT2D eigenvalue weighted by atomic mass is 10.1. The SMILES string of the molecule is Cc1nc(SCCCC(=O)c2ccc(F)cc2)n[nH]1. The normalized spacial score (nSPS) is 10.6. The van der Waals surface area contributed by atoms with Gasteiger partial charge in [-0.1, -0.05) is 11.8 Å². The van der Waals surface area contributed by atoms with E-state index in [1.54, 1.807) is 0 Å². The molecule has 1 aromatic carbocycles. The van der Waals surface area contributed by atoms with Crippen molar-refractivity contribution in [2.24, 2.45) is 0 Å². The lowest BCUT2D eigenvalue weighted by Crippen LogP contribution is -1.99. The highest BCUT2D eigenvalue weighted by atomic mass is 32.2. The van der Waals surface area contributed by atoms with Crippen molar-refractivity contribution < 1.29 is 9.18 Å². The highest BCUT2D eigenvalue weighted by molar-refractivity contribution is 7.99. The molecule has 0 aliphatic carbocycles. The van der Waals surface area contributed by atoms with Gasteiger partial charge in [0.2, 0.25) is 5.16 Å². The molecule has 100 valence electrons. The Labute approximate surface area is 114 Å². The number of Topliss-reactive ketones (excluding diaryl/α,β-unsaturated/α-hetero) is 1. The number of benzene rings is 1. The molecular formula is C13H14FN3OS. The van der Waals surface area contributed by atoms with Crippen LogP contribution >= 0.6 is 11.8 Å². The van der Waals surface area contributed by atoms with Crippen molar-refractivity contribution in [2.45, 2.75) is 24.9 Å². The zero-order valence-electron chi connectivity index (χ0n) is 10.5. The molecule has 0 spiro atoms. The number of rotatable bonds is 6. The number of aryl methyl sites for hydroxylation is 1. The molecule has 0 radical (unpaired) electrons. The Morgan fingerprint density at radius 2 is 2.11 bits per heavy atom. The Kier molecular flexibility index (Phi) is 4.68. The number of nitrogens with one attached hydrogen (secondary N) is 1. The third-order valence-electron chi connectivity index (χ3n) is 2.52. The number of ketones is 1. The number of H-pyrrole nitrogens is 1. The van der Waals surface area contributed by atoms with Gasteiger partial charge in [-0.2, -0.15) is 0 Å². The Morgan fingerprint density at radius 3 is 2.74 bits per heavy atom. The summed E-state index contributed by atoms with van der Waals surface area (Å²) in [5, 5.41) is 7.47. The molecule has 0 aliphatic heterocycles. The van der Waals surface area contributed by atoms with Gasteiger partial charge in [0.1, 0.15) is 11.6 Å². The smallest absolute Gasteiger partial charge is 0.208 e. The molecule has 0 amide bonds. The number of nitrogens with zero attached hydrogens (tertiary/aromatic N) is 2. The molecule has 0 aliphatic rings. The van der Waals surface area contributed by atoms with Crippen molar-refractivity contribution >= 4 is 17.5 Å². The molecular weight excluding hydrogens is 265 g/mol. The number of thioether (sulfide) groups is 1. The van der Waals surface area contributed by atoms with Crippen LogP contribution in [0.25, 0.3) is 0 Å². The fraction of sp³-hybridized carbons (Fsp3) is 0.308. The molecule has 0 atom stereocenters. The van der Waals surface area contributed by atoms with Crippen molar-refractivity contribution in [3.05, 3.63) is 41.5 Å².